The third-order valence-corrected chi connectivity index (χ3v) is 3.98. The maximum atomic E-state index is 13.0. The number of hydrogen-bond donors (Lipinski definition) is 1. The Morgan fingerprint density at radius 1 is 1.56 bits per heavy atom. The minimum atomic E-state index is -0.289. The van der Waals surface area contributed by atoms with Crippen molar-refractivity contribution in [2.45, 2.75) is 31.9 Å². The van der Waals surface area contributed by atoms with Crippen molar-refractivity contribution in [3.63, 3.8) is 0 Å². The zero-order valence-electron chi connectivity index (χ0n) is 10.7. The summed E-state index contributed by atoms with van der Waals surface area (Å²) in [6, 6.07) is 4.92. The van der Waals surface area contributed by atoms with Crippen LogP contribution in [0.1, 0.15) is 18.9 Å². The fraction of sp³-hybridized carbons (Fsp3) is 0.571. The van der Waals surface area contributed by atoms with Crippen molar-refractivity contribution in [2.24, 2.45) is 5.92 Å². The Kier molecular flexibility index (Phi) is 4.60. The van der Waals surface area contributed by atoms with Gasteiger partial charge in [0.05, 0.1) is 12.7 Å². The molecule has 0 spiro atoms. The van der Waals surface area contributed by atoms with E-state index in [9.17, 15) is 4.39 Å². The normalized spacial score (nSPS) is 25.3. The summed E-state index contributed by atoms with van der Waals surface area (Å²) in [5.41, 5.74) is 0.983. The molecule has 1 N–H and O–H groups in total. The van der Waals surface area contributed by atoms with E-state index in [2.05, 4.69) is 12.2 Å². The van der Waals surface area contributed by atoms with Gasteiger partial charge in [0.25, 0.3) is 0 Å². The van der Waals surface area contributed by atoms with Crippen LogP contribution in [0.25, 0.3) is 0 Å². The summed E-state index contributed by atoms with van der Waals surface area (Å²) in [6.45, 7) is 2.88. The van der Waals surface area contributed by atoms with Crippen molar-refractivity contribution in [1.29, 1.82) is 0 Å². The molecule has 0 aromatic heterocycles. The number of nitrogens with one attached hydrogen (secondary N) is 1. The van der Waals surface area contributed by atoms with Crippen LogP contribution in [0.2, 0.25) is 5.02 Å². The predicted octanol–water partition coefficient (Wildman–Crippen LogP) is 3.03. The minimum Gasteiger partial charge on any atom is -0.378 e. The van der Waals surface area contributed by atoms with Crippen LogP contribution in [0.15, 0.2) is 18.2 Å². The van der Waals surface area contributed by atoms with Crippen molar-refractivity contribution in [2.75, 3.05) is 13.7 Å². The monoisotopic (exact) mass is 271 g/mol. The summed E-state index contributed by atoms with van der Waals surface area (Å²) < 4.78 is 18.6. The number of halogens is 2. The van der Waals surface area contributed by atoms with E-state index in [4.69, 9.17) is 16.3 Å². The van der Waals surface area contributed by atoms with Crippen molar-refractivity contribution >= 4 is 11.6 Å². The lowest BCUT2D eigenvalue weighted by molar-refractivity contribution is 0.117. The Morgan fingerprint density at radius 3 is 2.89 bits per heavy atom. The van der Waals surface area contributed by atoms with Crippen molar-refractivity contribution in [1.82, 2.24) is 5.32 Å². The standard InChI is InChI=1S/C14H19ClFNO/c1-9-5-11(8-18-9)14(17-2)6-10-3-4-12(16)7-13(10)15/h3-4,7,9,11,14,17H,5-6,8H2,1-2H3. The lowest BCUT2D eigenvalue weighted by atomic mass is 9.91. The number of hydrogen-bond acceptors (Lipinski definition) is 2. The van der Waals surface area contributed by atoms with Crippen LogP contribution in [0.4, 0.5) is 4.39 Å². The molecule has 1 aromatic rings. The smallest absolute Gasteiger partial charge is 0.124 e. The number of benzene rings is 1. The third-order valence-electron chi connectivity index (χ3n) is 3.62. The molecule has 0 aliphatic carbocycles. The van der Waals surface area contributed by atoms with Crippen molar-refractivity contribution in [3.05, 3.63) is 34.6 Å². The molecule has 3 unspecified atom stereocenters. The second-order valence-electron chi connectivity index (χ2n) is 4.97. The van der Waals surface area contributed by atoms with E-state index in [1.165, 1.54) is 12.1 Å². The van der Waals surface area contributed by atoms with Gasteiger partial charge < -0.3 is 10.1 Å². The average molecular weight is 272 g/mol. The van der Waals surface area contributed by atoms with Gasteiger partial charge in [0, 0.05) is 17.0 Å². The first kappa shape index (κ1) is 13.8. The largest absolute Gasteiger partial charge is 0.378 e. The van der Waals surface area contributed by atoms with Crippen LogP contribution in [-0.4, -0.2) is 25.8 Å². The van der Waals surface area contributed by atoms with Crippen molar-refractivity contribution in [3.8, 4) is 0 Å². The molecule has 0 amide bonds. The second-order valence-corrected chi connectivity index (χ2v) is 5.38. The summed E-state index contributed by atoms with van der Waals surface area (Å²) in [4.78, 5) is 0. The fourth-order valence-corrected chi connectivity index (χ4v) is 2.80. The van der Waals surface area contributed by atoms with Crippen LogP contribution < -0.4 is 5.32 Å². The lowest BCUT2D eigenvalue weighted by Crippen LogP contribution is -2.36. The molecule has 2 nitrogen and oxygen atoms in total. The minimum absolute atomic E-state index is 0.289. The summed E-state index contributed by atoms with van der Waals surface area (Å²) in [5.74, 6) is 0.202. The Morgan fingerprint density at radius 2 is 2.33 bits per heavy atom. The molecule has 0 saturated carbocycles. The highest BCUT2D eigenvalue weighted by atomic mass is 35.5. The topological polar surface area (TPSA) is 21.3 Å². The zero-order valence-corrected chi connectivity index (χ0v) is 11.5. The number of rotatable bonds is 4. The summed E-state index contributed by atoms with van der Waals surface area (Å²) in [7, 11) is 1.95. The molecule has 18 heavy (non-hydrogen) atoms. The van der Waals surface area contributed by atoms with E-state index in [1.54, 1.807) is 6.07 Å². The molecule has 3 atom stereocenters. The van der Waals surface area contributed by atoms with Gasteiger partial charge in [0.1, 0.15) is 5.82 Å². The highest BCUT2D eigenvalue weighted by molar-refractivity contribution is 6.31. The second kappa shape index (κ2) is 6.00. The molecule has 1 aliphatic heterocycles. The number of likely N-dealkylation sites (N-methyl/N-ethyl adjacent to an activating group) is 1. The molecular formula is C14H19ClFNO. The molecule has 1 aromatic carbocycles. The van der Waals surface area contributed by atoms with Gasteiger partial charge in [0.2, 0.25) is 0 Å². The summed E-state index contributed by atoms with van der Waals surface area (Å²) in [6.07, 6.45) is 2.19. The molecule has 2 rings (SSSR count). The van der Waals surface area contributed by atoms with Gasteiger partial charge in [-0.15, -0.1) is 0 Å². The van der Waals surface area contributed by atoms with Gasteiger partial charge >= 0.3 is 0 Å². The molecule has 0 radical (unpaired) electrons. The summed E-state index contributed by atoms with van der Waals surface area (Å²) in [5, 5.41) is 3.82. The quantitative estimate of drug-likeness (QED) is 0.909. The third kappa shape index (κ3) is 3.22. The zero-order chi connectivity index (χ0) is 13.1. The Balaban J connectivity index is 2.05. The van der Waals surface area contributed by atoms with Gasteiger partial charge in [-0.1, -0.05) is 17.7 Å². The number of ether oxygens (including phenoxy) is 1. The summed E-state index contributed by atoms with van der Waals surface area (Å²) >= 11 is 6.07. The highest BCUT2D eigenvalue weighted by Gasteiger charge is 2.29. The Labute approximate surface area is 112 Å². The van der Waals surface area contributed by atoms with Crippen LogP contribution in [0.5, 0.6) is 0 Å². The molecule has 1 fully saturated rings. The molecular weight excluding hydrogens is 253 g/mol. The first-order chi connectivity index (χ1) is 8.60. The van der Waals surface area contributed by atoms with Crippen LogP contribution in [-0.2, 0) is 11.2 Å². The highest BCUT2D eigenvalue weighted by Crippen LogP contribution is 2.26. The first-order valence-electron chi connectivity index (χ1n) is 6.33. The van der Waals surface area contributed by atoms with E-state index < -0.39 is 0 Å². The van der Waals surface area contributed by atoms with Gasteiger partial charge in [0.15, 0.2) is 0 Å². The predicted molar refractivity (Wildman–Crippen MR) is 71.5 cm³/mol. The molecule has 1 saturated heterocycles. The van der Waals surface area contributed by atoms with Gasteiger partial charge in [-0.2, -0.15) is 0 Å². The van der Waals surface area contributed by atoms with Crippen molar-refractivity contribution < 1.29 is 9.13 Å². The van der Waals surface area contributed by atoms with Crippen LogP contribution in [0.3, 0.4) is 0 Å². The SMILES string of the molecule is CNC(Cc1ccc(F)cc1Cl)C1COC(C)C1. The average Bonchev–Trinajstić information content (AvgIpc) is 2.75. The molecule has 100 valence electrons. The first-order valence-corrected chi connectivity index (χ1v) is 6.70. The maximum absolute atomic E-state index is 13.0. The Bertz CT molecular complexity index is 413. The lowest BCUT2D eigenvalue weighted by Gasteiger charge is -2.22. The van der Waals surface area contributed by atoms with Gasteiger partial charge in [-0.3, -0.25) is 0 Å². The molecule has 1 heterocycles. The van der Waals surface area contributed by atoms with Gasteiger partial charge in [-0.25, -0.2) is 4.39 Å². The van der Waals surface area contributed by atoms with E-state index in [0.717, 1.165) is 25.0 Å². The maximum Gasteiger partial charge on any atom is 0.124 e. The van der Waals surface area contributed by atoms with Gasteiger partial charge in [-0.05, 0) is 44.5 Å². The van der Waals surface area contributed by atoms with E-state index in [1.807, 2.05) is 7.05 Å². The Hall–Kier alpha value is -0.640. The molecule has 1 aliphatic rings. The fourth-order valence-electron chi connectivity index (χ4n) is 2.56. The molecule has 4 heteroatoms. The van der Waals surface area contributed by atoms with Crippen LogP contribution in [0, 0.1) is 11.7 Å². The van der Waals surface area contributed by atoms with Crippen LogP contribution >= 0.6 is 11.6 Å². The van der Waals surface area contributed by atoms with E-state index in [-0.39, 0.29) is 5.82 Å². The van der Waals surface area contributed by atoms with E-state index >= 15 is 0 Å². The van der Waals surface area contributed by atoms with E-state index in [0.29, 0.717) is 23.1 Å². The molecule has 0 bridgehead atoms.